The number of sulfonamides is 1. The van der Waals surface area contributed by atoms with E-state index in [9.17, 15) is 13.2 Å². The molecule has 3 rings (SSSR count). The number of amides is 1. The summed E-state index contributed by atoms with van der Waals surface area (Å²) in [5.74, 6) is 0.585. The molecule has 1 aliphatic rings. The lowest BCUT2D eigenvalue weighted by Gasteiger charge is -2.29. The van der Waals surface area contributed by atoms with E-state index in [-0.39, 0.29) is 11.8 Å². The van der Waals surface area contributed by atoms with Crippen molar-refractivity contribution in [3.63, 3.8) is 0 Å². The summed E-state index contributed by atoms with van der Waals surface area (Å²) in [4.78, 5) is 20.8. The van der Waals surface area contributed by atoms with E-state index in [0.29, 0.717) is 37.6 Å². The molecule has 0 spiro atoms. The van der Waals surface area contributed by atoms with Crippen LogP contribution in [0, 0.1) is 19.8 Å². The first-order chi connectivity index (χ1) is 12.2. The maximum absolute atomic E-state index is 12.5. The quantitative estimate of drug-likeness (QED) is 0.846. The molecular formula is C16H22N6O3S. The Morgan fingerprint density at radius 2 is 1.88 bits per heavy atom. The number of carbonyl (C=O) groups is 1. The van der Waals surface area contributed by atoms with Crippen LogP contribution in [0.2, 0.25) is 0 Å². The van der Waals surface area contributed by atoms with Crippen LogP contribution in [-0.2, 0) is 14.8 Å². The molecule has 1 saturated heterocycles. The molecule has 10 heteroatoms. The van der Waals surface area contributed by atoms with Gasteiger partial charge >= 0.3 is 0 Å². The Labute approximate surface area is 152 Å². The van der Waals surface area contributed by atoms with Gasteiger partial charge in [-0.15, -0.1) is 0 Å². The van der Waals surface area contributed by atoms with Gasteiger partial charge < -0.3 is 5.32 Å². The smallest absolute Gasteiger partial charge is 0.228 e. The van der Waals surface area contributed by atoms with Crippen molar-refractivity contribution in [2.45, 2.75) is 26.7 Å². The first-order valence-electron chi connectivity index (χ1n) is 8.36. The number of piperidine rings is 1. The van der Waals surface area contributed by atoms with E-state index in [1.54, 1.807) is 10.7 Å². The van der Waals surface area contributed by atoms with Gasteiger partial charge in [-0.05, 0) is 32.8 Å². The van der Waals surface area contributed by atoms with Gasteiger partial charge in [-0.25, -0.2) is 27.4 Å². The molecule has 0 unspecified atom stereocenters. The summed E-state index contributed by atoms with van der Waals surface area (Å²) in [6.07, 6.45) is 3.56. The van der Waals surface area contributed by atoms with Crippen LogP contribution in [0.15, 0.2) is 18.5 Å². The zero-order valence-corrected chi connectivity index (χ0v) is 15.8. The number of aryl methyl sites for hydroxylation is 2. The van der Waals surface area contributed by atoms with Gasteiger partial charge in [-0.2, -0.15) is 5.10 Å². The highest BCUT2D eigenvalue weighted by Gasteiger charge is 2.29. The lowest BCUT2D eigenvalue weighted by atomic mass is 9.97. The van der Waals surface area contributed by atoms with E-state index in [4.69, 9.17) is 0 Å². The first kappa shape index (κ1) is 18.5. The van der Waals surface area contributed by atoms with Crippen LogP contribution in [0.5, 0.6) is 0 Å². The van der Waals surface area contributed by atoms with Crippen molar-refractivity contribution in [1.29, 1.82) is 0 Å². The van der Waals surface area contributed by atoms with Crippen molar-refractivity contribution in [2.24, 2.45) is 5.92 Å². The van der Waals surface area contributed by atoms with Crippen LogP contribution in [0.4, 0.5) is 5.82 Å². The molecule has 2 aromatic rings. The molecule has 140 valence electrons. The van der Waals surface area contributed by atoms with Crippen molar-refractivity contribution in [1.82, 2.24) is 24.1 Å². The number of hydrogen-bond donors (Lipinski definition) is 1. The van der Waals surface area contributed by atoms with Crippen LogP contribution in [0.25, 0.3) is 5.82 Å². The number of carbonyl (C=O) groups excluding carboxylic acids is 1. The van der Waals surface area contributed by atoms with Gasteiger partial charge in [0.2, 0.25) is 15.9 Å². The third-order valence-electron chi connectivity index (χ3n) is 4.42. The molecule has 1 fully saturated rings. The normalized spacial score (nSPS) is 16.6. The number of nitrogens with one attached hydrogen (secondary N) is 1. The van der Waals surface area contributed by atoms with Gasteiger partial charge in [0.1, 0.15) is 12.1 Å². The van der Waals surface area contributed by atoms with Crippen LogP contribution in [0.3, 0.4) is 0 Å². The molecule has 0 radical (unpaired) electrons. The second-order valence-corrected chi connectivity index (χ2v) is 8.51. The molecule has 0 aliphatic carbocycles. The molecule has 1 N–H and O–H groups in total. The van der Waals surface area contributed by atoms with E-state index in [2.05, 4.69) is 20.4 Å². The molecular weight excluding hydrogens is 356 g/mol. The fourth-order valence-corrected chi connectivity index (χ4v) is 3.94. The third-order valence-corrected chi connectivity index (χ3v) is 5.73. The molecule has 0 saturated carbocycles. The maximum Gasteiger partial charge on any atom is 0.228 e. The molecule has 0 bridgehead atoms. The van der Waals surface area contributed by atoms with E-state index in [0.717, 1.165) is 11.4 Å². The maximum atomic E-state index is 12.5. The summed E-state index contributed by atoms with van der Waals surface area (Å²) >= 11 is 0. The van der Waals surface area contributed by atoms with E-state index < -0.39 is 10.0 Å². The molecule has 1 amide bonds. The van der Waals surface area contributed by atoms with Gasteiger partial charge in [-0.1, -0.05) is 0 Å². The number of nitrogens with zero attached hydrogens (tertiary/aromatic N) is 5. The predicted molar refractivity (Wildman–Crippen MR) is 96.4 cm³/mol. The average Bonchev–Trinajstić information content (AvgIpc) is 2.93. The topological polar surface area (TPSA) is 110 Å². The molecule has 0 aromatic carbocycles. The number of rotatable bonds is 4. The summed E-state index contributed by atoms with van der Waals surface area (Å²) in [6.45, 7) is 4.54. The minimum Gasteiger partial charge on any atom is -0.310 e. The molecule has 0 atom stereocenters. The van der Waals surface area contributed by atoms with E-state index >= 15 is 0 Å². The molecule has 1 aliphatic heterocycles. The van der Waals surface area contributed by atoms with Crippen molar-refractivity contribution in [2.75, 3.05) is 24.7 Å². The van der Waals surface area contributed by atoms with Crippen LogP contribution < -0.4 is 5.32 Å². The Balaban J connectivity index is 1.67. The van der Waals surface area contributed by atoms with E-state index in [1.165, 1.54) is 16.9 Å². The third kappa shape index (κ3) is 4.07. The summed E-state index contributed by atoms with van der Waals surface area (Å²) < 4.78 is 26.2. The Hall–Kier alpha value is -2.33. The summed E-state index contributed by atoms with van der Waals surface area (Å²) in [6, 6.07) is 3.61. The Bertz CT molecular complexity index is 916. The van der Waals surface area contributed by atoms with Gasteiger partial charge in [0.05, 0.1) is 11.9 Å². The summed E-state index contributed by atoms with van der Waals surface area (Å²) in [7, 11) is -3.20. The second kappa shape index (κ2) is 7.12. The van der Waals surface area contributed by atoms with Crippen LogP contribution in [0.1, 0.15) is 24.2 Å². The fraction of sp³-hybridized carbons (Fsp3) is 0.500. The van der Waals surface area contributed by atoms with Crippen LogP contribution in [-0.4, -0.2) is 57.7 Å². The molecule has 26 heavy (non-hydrogen) atoms. The SMILES string of the molecule is Cc1cc(C)n(-c2cc(NC(=O)C3CCN(S(C)(=O)=O)CC3)ncn2)n1. The van der Waals surface area contributed by atoms with Gasteiger partial charge in [0.25, 0.3) is 0 Å². The Kier molecular flexibility index (Phi) is 5.05. The van der Waals surface area contributed by atoms with Gasteiger partial charge in [0.15, 0.2) is 5.82 Å². The monoisotopic (exact) mass is 378 g/mol. The molecule has 9 nitrogen and oxygen atoms in total. The van der Waals surface area contributed by atoms with Crippen molar-refractivity contribution in [3.8, 4) is 5.82 Å². The highest BCUT2D eigenvalue weighted by Crippen LogP contribution is 2.21. The highest BCUT2D eigenvalue weighted by atomic mass is 32.2. The largest absolute Gasteiger partial charge is 0.310 e. The predicted octanol–water partition coefficient (Wildman–Crippen LogP) is 0.889. The fourth-order valence-electron chi connectivity index (χ4n) is 3.07. The zero-order valence-electron chi connectivity index (χ0n) is 15.0. The highest BCUT2D eigenvalue weighted by molar-refractivity contribution is 7.88. The lowest BCUT2D eigenvalue weighted by molar-refractivity contribution is -0.120. The standard InChI is InChI=1S/C16H22N6O3S/c1-11-8-12(2)22(20-11)15-9-14(17-10-18-15)19-16(23)13-4-6-21(7-5-13)26(3,24)25/h8-10,13H,4-7H2,1-3H3,(H,17,18,19,23). The summed E-state index contributed by atoms with van der Waals surface area (Å²) in [5, 5.41) is 7.18. The average molecular weight is 378 g/mol. The van der Waals surface area contributed by atoms with Crippen molar-refractivity contribution in [3.05, 3.63) is 29.8 Å². The Morgan fingerprint density at radius 3 is 2.46 bits per heavy atom. The molecule has 3 heterocycles. The molecule has 2 aromatic heterocycles. The lowest BCUT2D eigenvalue weighted by Crippen LogP contribution is -2.40. The van der Waals surface area contributed by atoms with Crippen LogP contribution >= 0.6 is 0 Å². The second-order valence-electron chi connectivity index (χ2n) is 6.53. The zero-order chi connectivity index (χ0) is 18.9. The minimum absolute atomic E-state index is 0.156. The van der Waals surface area contributed by atoms with Gasteiger partial charge in [0, 0.05) is 30.8 Å². The number of anilines is 1. The number of aromatic nitrogens is 4. The Morgan fingerprint density at radius 1 is 1.19 bits per heavy atom. The van der Waals surface area contributed by atoms with E-state index in [1.807, 2.05) is 19.9 Å². The van der Waals surface area contributed by atoms with Crippen molar-refractivity contribution >= 4 is 21.7 Å². The van der Waals surface area contributed by atoms with Crippen molar-refractivity contribution < 1.29 is 13.2 Å². The first-order valence-corrected chi connectivity index (χ1v) is 10.2. The minimum atomic E-state index is -3.20. The van der Waals surface area contributed by atoms with Gasteiger partial charge in [-0.3, -0.25) is 4.79 Å². The number of hydrogen-bond acceptors (Lipinski definition) is 6. The summed E-state index contributed by atoms with van der Waals surface area (Å²) in [5.41, 5.74) is 1.82.